The molecule has 1 fully saturated rings. The monoisotopic (exact) mass is 728 g/mol. The average Bonchev–Trinajstić information content (AvgIpc) is 3.68. The van der Waals surface area contributed by atoms with Crippen molar-refractivity contribution in [3.63, 3.8) is 0 Å². The number of hydrogen-bond acceptors (Lipinski definition) is 10. The fourth-order valence-corrected chi connectivity index (χ4v) is 7.75. The molecule has 4 aromatic rings. The number of epoxide rings is 1. The molecule has 49 heavy (non-hydrogen) atoms. The molecule has 1 aromatic heterocycles. The maximum Gasteiger partial charge on any atom is 0.514 e. The fraction of sp³-hybridized carbons (Fsp3) is 0.368. The topological polar surface area (TPSA) is 121 Å². The Bertz CT molecular complexity index is 2040. The van der Waals surface area contributed by atoms with Crippen molar-refractivity contribution in [1.82, 2.24) is 5.16 Å². The number of fused-ring (bicyclic) bond motifs is 2. The van der Waals surface area contributed by atoms with Gasteiger partial charge in [0.25, 0.3) is 5.88 Å². The number of ketones is 1. The molecule has 0 radical (unpaired) electrons. The summed E-state index contributed by atoms with van der Waals surface area (Å²) < 4.78 is 30.0. The number of aldehydes is 1. The van der Waals surface area contributed by atoms with Crippen molar-refractivity contribution < 1.29 is 37.9 Å². The summed E-state index contributed by atoms with van der Waals surface area (Å²) in [6.45, 7) is 7.49. The van der Waals surface area contributed by atoms with Gasteiger partial charge in [-0.3, -0.25) is 9.59 Å². The first-order valence-electron chi connectivity index (χ1n) is 16.2. The number of carbonyl (C=O) groups excluding carboxylic acids is 3. The van der Waals surface area contributed by atoms with E-state index in [-0.39, 0.29) is 41.4 Å². The first-order chi connectivity index (χ1) is 23.3. The van der Waals surface area contributed by atoms with Gasteiger partial charge >= 0.3 is 6.16 Å². The Labute approximate surface area is 292 Å². The van der Waals surface area contributed by atoms with Crippen LogP contribution in [0.1, 0.15) is 71.7 Å². The van der Waals surface area contributed by atoms with Gasteiger partial charge in [-0.25, -0.2) is 4.79 Å². The highest BCUT2D eigenvalue weighted by atomic mass is 79.9. The highest BCUT2D eigenvalue weighted by Gasteiger charge is 2.71. The maximum atomic E-state index is 14.1. The molecule has 7 rings (SSSR count). The van der Waals surface area contributed by atoms with Gasteiger partial charge < -0.3 is 28.4 Å². The Morgan fingerprint density at radius 3 is 2.59 bits per heavy atom. The number of anilines is 1. The van der Waals surface area contributed by atoms with Gasteiger partial charge in [-0.2, -0.15) is 0 Å². The molecule has 3 atom stereocenters. The minimum Gasteiger partial charge on any atom is -0.470 e. The zero-order valence-corrected chi connectivity index (χ0v) is 29.8. The van der Waals surface area contributed by atoms with Crippen LogP contribution in [0.25, 0.3) is 10.8 Å². The maximum absolute atomic E-state index is 14.1. The number of Topliss-reactive ketones (excluding diaryl/α,β-unsaturated/α-hetero) is 1. The van der Waals surface area contributed by atoms with Crippen LogP contribution in [-0.4, -0.2) is 48.7 Å². The van der Waals surface area contributed by atoms with E-state index in [1.807, 2.05) is 74.4 Å². The van der Waals surface area contributed by atoms with Crippen LogP contribution in [-0.2, 0) is 28.9 Å². The molecule has 1 aliphatic heterocycles. The summed E-state index contributed by atoms with van der Waals surface area (Å²) in [5.74, 6) is 1.00. The molecule has 2 heterocycles. The predicted octanol–water partition coefficient (Wildman–Crippen LogP) is 8.02. The second kappa shape index (κ2) is 12.0. The molecule has 1 saturated heterocycles. The molecule has 0 amide bonds. The van der Waals surface area contributed by atoms with Crippen LogP contribution in [0.4, 0.5) is 10.5 Å². The Hall–Kier alpha value is -4.64. The molecule has 254 valence electrons. The van der Waals surface area contributed by atoms with Crippen LogP contribution in [0.3, 0.4) is 0 Å². The number of halogens is 1. The van der Waals surface area contributed by atoms with E-state index in [2.05, 4.69) is 21.1 Å². The number of hydrogen-bond donors (Lipinski definition) is 0. The summed E-state index contributed by atoms with van der Waals surface area (Å²) in [5.41, 5.74) is 2.21. The first-order valence-corrected chi connectivity index (χ1v) is 17.0. The third kappa shape index (κ3) is 5.67. The second-order valence-corrected chi connectivity index (χ2v) is 15.0. The van der Waals surface area contributed by atoms with Crippen molar-refractivity contribution in [2.45, 2.75) is 64.8 Å². The molecule has 3 aromatic carbocycles. The van der Waals surface area contributed by atoms with Crippen LogP contribution in [0, 0.1) is 11.8 Å². The molecule has 1 spiro atoms. The molecule has 0 saturated carbocycles. The first kappa shape index (κ1) is 32.9. The van der Waals surface area contributed by atoms with Gasteiger partial charge in [0.15, 0.2) is 17.8 Å². The summed E-state index contributed by atoms with van der Waals surface area (Å²) >= 11 is 3.53. The van der Waals surface area contributed by atoms with Gasteiger partial charge in [0.05, 0.1) is 5.56 Å². The summed E-state index contributed by atoms with van der Waals surface area (Å²) in [7, 11) is 3.85. The summed E-state index contributed by atoms with van der Waals surface area (Å²) in [4.78, 5) is 42.1. The van der Waals surface area contributed by atoms with E-state index in [0.717, 1.165) is 38.5 Å². The number of rotatable bonds is 8. The SMILES string of the molecule is CC1=C2O[C@]23C(=O)c2c(OCc4ccccc4)noc2C[C@@H]3CC1Cc1c(C=O)c(OC(=O)OC(C)(C)C)c2cc(Br)ccc2c1N(C)C. The molecule has 2 aliphatic carbocycles. The number of aromatic nitrogens is 1. The number of benzene rings is 3. The lowest BCUT2D eigenvalue weighted by molar-refractivity contribution is 0.0208. The van der Waals surface area contributed by atoms with Gasteiger partial charge in [-0.1, -0.05) is 52.3 Å². The quantitative estimate of drug-likeness (QED) is 0.0763. The van der Waals surface area contributed by atoms with Crippen molar-refractivity contribution in [3.8, 4) is 11.6 Å². The third-order valence-electron chi connectivity index (χ3n) is 9.55. The molecule has 0 N–H and O–H groups in total. The molecule has 3 aliphatic rings. The Kier molecular flexibility index (Phi) is 8.09. The highest BCUT2D eigenvalue weighted by Crippen LogP contribution is 2.62. The summed E-state index contributed by atoms with van der Waals surface area (Å²) in [6, 6.07) is 15.4. The van der Waals surface area contributed by atoms with Gasteiger partial charge in [-0.15, -0.1) is 0 Å². The molecule has 0 bridgehead atoms. The third-order valence-corrected chi connectivity index (χ3v) is 10.0. The minimum absolute atomic E-state index is 0.0821. The number of carbonyl (C=O) groups is 3. The number of ether oxygens (including phenoxy) is 4. The van der Waals surface area contributed by atoms with E-state index in [0.29, 0.717) is 41.7 Å². The van der Waals surface area contributed by atoms with Crippen LogP contribution in [0.15, 0.2) is 68.9 Å². The molecule has 1 unspecified atom stereocenters. The zero-order valence-electron chi connectivity index (χ0n) is 28.2. The normalized spacial score (nSPS) is 20.9. The second-order valence-electron chi connectivity index (χ2n) is 14.1. The zero-order chi connectivity index (χ0) is 34.8. The van der Waals surface area contributed by atoms with Crippen molar-refractivity contribution >= 4 is 50.6 Å². The van der Waals surface area contributed by atoms with Crippen molar-refractivity contribution in [2.24, 2.45) is 11.8 Å². The average molecular weight is 730 g/mol. The van der Waals surface area contributed by atoms with Gasteiger partial charge in [0, 0.05) is 47.4 Å². The predicted molar refractivity (Wildman–Crippen MR) is 185 cm³/mol. The van der Waals surface area contributed by atoms with Crippen LogP contribution in [0.2, 0.25) is 0 Å². The fourth-order valence-electron chi connectivity index (χ4n) is 7.39. The summed E-state index contributed by atoms with van der Waals surface area (Å²) in [6.07, 6.45) is 1.34. The van der Waals surface area contributed by atoms with E-state index in [1.165, 1.54) is 0 Å². The van der Waals surface area contributed by atoms with Crippen molar-refractivity contribution in [1.29, 1.82) is 0 Å². The van der Waals surface area contributed by atoms with Gasteiger partial charge in [-0.05, 0) is 80.4 Å². The Morgan fingerprint density at radius 1 is 1.14 bits per heavy atom. The van der Waals surface area contributed by atoms with Gasteiger partial charge in [0.1, 0.15) is 23.5 Å². The smallest absolute Gasteiger partial charge is 0.470 e. The number of allylic oxidation sites excluding steroid dienone is 1. The minimum atomic E-state index is -1.07. The Balaban J connectivity index is 1.25. The van der Waals surface area contributed by atoms with Crippen LogP contribution >= 0.6 is 15.9 Å². The molecular weight excluding hydrogens is 692 g/mol. The molecule has 11 heteroatoms. The summed E-state index contributed by atoms with van der Waals surface area (Å²) in [5, 5.41) is 5.54. The molecule has 10 nitrogen and oxygen atoms in total. The van der Waals surface area contributed by atoms with Crippen LogP contribution in [0.5, 0.6) is 11.6 Å². The van der Waals surface area contributed by atoms with E-state index in [1.54, 1.807) is 20.8 Å². The standard InChI is InChI=1S/C38H37BrN2O8/c1-20-22(14-23-16-29-30(33(43)38(23)34(20)47-38)35(40-49-29)45-19-21-10-8-7-9-11-21)15-26-28(18-42)32(46-36(44)48-37(2,3)4)27-17-24(39)12-13-25(27)31(26)41(5)6/h7-13,17-18,22-23H,14-16,19H2,1-6H3/t22?,23-,38+/m0/s1. The lowest BCUT2D eigenvalue weighted by atomic mass is 9.66. The van der Waals surface area contributed by atoms with E-state index < -0.39 is 17.4 Å². The van der Waals surface area contributed by atoms with E-state index in [9.17, 15) is 14.4 Å². The van der Waals surface area contributed by atoms with E-state index in [4.69, 9.17) is 23.5 Å². The highest BCUT2D eigenvalue weighted by molar-refractivity contribution is 9.10. The Morgan fingerprint density at radius 2 is 1.90 bits per heavy atom. The number of nitrogens with zero attached hydrogens (tertiary/aromatic N) is 2. The van der Waals surface area contributed by atoms with E-state index >= 15 is 0 Å². The largest absolute Gasteiger partial charge is 0.514 e. The van der Waals surface area contributed by atoms with Crippen LogP contribution < -0.4 is 14.4 Å². The molecular formula is C38H37BrN2O8. The van der Waals surface area contributed by atoms with Crippen molar-refractivity contribution in [2.75, 3.05) is 19.0 Å². The lowest BCUT2D eigenvalue weighted by Gasteiger charge is -2.33. The van der Waals surface area contributed by atoms with Crippen molar-refractivity contribution in [3.05, 3.63) is 92.3 Å². The lowest BCUT2D eigenvalue weighted by Crippen LogP contribution is -2.42. The van der Waals surface area contributed by atoms with Gasteiger partial charge in [0.2, 0.25) is 11.4 Å².